The van der Waals surface area contributed by atoms with E-state index in [0.29, 0.717) is 6.42 Å². The smallest absolute Gasteiger partial charge is 0.245 e. The fourth-order valence-corrected chi connectivity index (χ4v) is 2.22. The van der Waals surface area contributed by atoms with Gasteiger partial charge in [0.25, 0.3) is 0 Å². The van der Waals surface area contributed by atoms with Gasteiger partial charge >= 0.3 is 0 Å². The second-order valence-electron chi connectivity index (χ2n) is 4.08. The van der Waals surface area contributed by atoms with Gasteiger partial charge in [0.15, 0.2) is 0 Å². The number of rotatable bonds is 3. The molecule has 1 aliphatic carbocycles. The minimum Gasteiger partial charge on any atom is -0.273 e. The lowest BCUT2D eigenvalue weighted by atomic mass is 9.99. The zero-order valence-corrected chi connectivity index (χ0v) is 7.88. The summed E-state index contributed by atoms with van der Waals surface area (Å²) in [5.74, 6) is 0.958. The molecule has 1 saturated carbocycles. The zero-order valence-electron chi connectivity index (χ0n) is 7.88. The van der Waals surface area contributed by atoms with Gasteiger partial charge in [-0.15, -0.1) is 0 Å². The quantitative estimate of drug-likeness (QED) is 0.707. The Labute approximate surface area is 78.6 Å². The molecule has 0 atom stereocenters. The van der Waals surface area contributed by atoms with Crippen LogP contribution in [0, 0.1) is 5.92 Å². The topological polar surface area (TPSA) is 41.5 Å². The van der Waals surface area contributed by atoms with Crippen molar-refractivity contribution < 1.29 is 4.79 Å². The number of carbonyl (C=O) groups excluding carboxylic acids is 1. The first-order valence-corrected chi connectivity index (χ1v) is 5.19. The Morgan fingerprint density at radius 1 is 1.38 bits per heavy atom. The molecule has 13 heavy (non-hydrogen) atoms. The molecule has 1 N–H and O–H groups in total. The van der Waals surface area contributed by atoms with Crippen molar-refractivity contribution in [1.29, 1.82) is 0 Å². The highest BCUT2D eigenvalue weighted by molar-refractivity contribution is 6.04. The number of hydrazone groups is 1. The van der Waals surface area contributed by atoms with E-state index >= 15 is 0 Å². The fraction of sp³-hybridized carbons (Fsp3) is 0.800. The van der Waals surface area contributed by atoms with Gasteiger partial charge in [0.2, 0.25) is 5.91 Å². The summed E-state index contributed by atoms with van der Waals surface area (Å²) in [5.41, 5.74) is 3.55. The number of hydrogen-bond donors (Lipinski definition) is 1. The van der Waals surface area contributed by atoms with Crippen LogP contribution in [0.4, 0.5) is 0 Å². The summed E-state index contributed by atoms with van der Waals surface area (Å²) in [6, 6.07) is 0. The van der Waals surface area contributed by atoms with Crippen LogP contribution in [-0.4, -0.2) is 11.6 Å². The first-order chi connectivity index (χ1) is 6.34. The largest absolute Gasteiger partial charge is 0.273 e. The second-order valence-corrected chi connectivity index (χ2v) is 4.08. The van der Waals surface area contributed by atoms with Crippen molar-refractivity contribution in [3.05, 3.63) is 0 Å². The number of amides is 1. The van der Waals surface area contributed by atoms with Crippen molar-refractivity contribution in [2.24, 2.45) is 11.0 Å². The first-order valence-electron chi connectivity index (χ1n) is 5.19. The van der Waals surface area contributed by atoms with Crippen LogP contribution >= 0.6 is 0 Å². The van der Waals surface area contributed by atoms with Crippen molar-refractivity contribution >= 4 is 11.6 Å². The first kappa shape index (κ1) is 8.73. The van der Waals surface area contributed by atoms with Crippen LogP contribution in [0.2, 0.25) is 0 Å². The van der Waals surface area contributed by atoms with Gasteiger partial charge in [-0.3, -0.25) is 4.79 Å². The highest BCUT2D eigenvalue weighted by Crippen LogP contribution is 2.28. The Hall–Kier alpha value is -0.860. The van der Waals surface area contributed by atoms with Crippen LogP contribution in [-0.2, 0) is 4.79 Å². The molecule has 0 saturated heterocycles. The van der Waals surface area contributed by atoms with Gasteiger partial charge in [0.05, 0.1) is 6.42 Å². The predicted molar refractivity (Wildman–Crippen MR) is 51.4 cm³/mol. The third kappa shape index (κ3) is 2.29. The average Bonchev–Trinajstić information content (AvgIpc) is 2.71. The Bertz CT molecular complexity index is 229. The van der Waals surface area contributed by atoms with Gasteiger partial charge in [-0.2, -0.15) is 5.10 Å². The summed E-state index contributed by atoms with van der Waals surface area (Å²) in [5, 5.41) is 3.99. The number of hydrogen-bond acceptors (Lipinski definition) is 2. The molecule has 72 valence electrons. The van der Waals surface area contributed by atoms with E-state index in [1.54, 1.807) is 0 Å². The van der Waals surface area contributed by atoms with Crippen molar-refractivity contribution in [3.63, 3.8) is 0 Å². The van der Waals surface area contributed by atoms with Crippen molar-refractivity contribution in [2.75, 3.05) is 0 Å². The van der Waals surface area contributed by atoms with Crippen LogP contribution in [0.1, 0.15) is 44.9 Å². The summed E-state index contributed by atoms with van der Waals surface area (Å²) in [6.07, 6.45) is 8.34. The summed E-state index contributed by atoms with van der Waals surface area (Å²) < 4.78 is 0. The summed E-state index contributed by atoms with van der Waals surface area (Å²) in [7, 11) is 0. The van der Waals surface area contributed by atoms with Gasteiger partial charge in [0.1, 0.15) is 0 Å². The van der Waals surface area contributed by atoms with Crippen LogP contribution < -0.4 is 5.43 Å². The molecule has 2 rings (SSSR count). The Kier molecular flexibility index (Phi) is 2.62. The minimum absolute atomic E-state index is 0.0569. The monoisotopic (exact) mass is 180 g/mol. The van der Waals surface area contributed by atoms with Crippen molar-refractivity contribution in [1.82, 2.24) is 5.43 Å². The van der Waals surface area contributed by atoms with E-state index < -0.39 is 0 Å². The molecule has 0 radical (unpaired) electrons. The normalized spacial score (nSPS) is 23.4. The standard InChI is InChI=1S/C10H16N2O/c13-10-7-9(11-12-10)6-5-8-3-1-2-4-8/h8H,1-7H2,(H,12,13). The SMILES string of the molecule is O=C1CC(CCC2CCCC2)=NN1. The van der Waals surface area contributed by atoms with E-state index in [1.165, 1.54) is 32.1 Å². The fourth-order valence-electron chi connectivity index (χ4n) is 2.22. The Morgan fingerprint density at radius 2 is 2.15 bits per heavy atom. The lowest BCUT2D eigenvalue weighted by Gasteiger charge is -2.06. The molecule has 0 spiro atoms. The molecule has 0 aromatic heterocycles. The second kappa shape index (κ2) is 3.90. The Balaban J connectivity index is 1.70. The van der Waals surface area contributed by atoms with Gasteiger partial charge in [0, 0.05) is 5.71 Å². The summed E-state index contributed by atoms with van der Waals surface area (Å²) in [4.78, 5) is 10.8. The van der Waals surface area contributed by atoms with Gasteiger partial charge in [-0.1, -0.05) is 25.7 Å². The Morgan fingerprint density at radius 3 is 2.77 bits per heavy atom. The molecule has 1 fully saturated rings. The van der Waals surface area contributed by atoms with Crippen LogP contribution in [0.3, 0.4) is 0 Å². The molecule has 3 nitrogen and oxygen atoms in total. The molecule has 1 aliphatic heterocycles. The van der Waals surface area contributed by atoms with E-state index in [0.717, 1.165) is 18.1 Å². The van der Waals surface area contributed by atoms with Crippen LogP contribution in [0.5, 0.6) is 0 Å². The molecule has 1 amide bonds. The van der Waals surface area contributed by atoms with E-state index in [1.807, 2.05) is 0 Å². The predicted octanol–water partition coefficient (Wildman–Crippen LogP) is 1.83. The maximum absolute atomic E-state index is 10.8. The number of carbonyl (C=O) groups is 1. The number of nitrogens with one attached hydrogen (secondary N) is 1. The minimum atomic E-state index is 0.0569. The summed E-state index contributed by atoms with van der Waals surface area (Å²) in [6.45, 7) is 0. The maximum Gasteiger partial charge on any atom is 0.245 e. The molecule has 2 aliphatic rings. The lowest BCUT2D eigenvalue weighted by Crippen LogP contribution is -2.09. The lowest BCUT2D eigenvalue weighted by molar-refractivity contribution is -0.119. The highest BCUT2D eigenvalue weighted by atomic mass is 16.2. The molecule has 0 unspecified atom stereocenters. The number of nitrogens with zero attached hydrogens (tertiary/aromatic N) is 1. The maximum atomic E-state index is 10.8. The van der Waals surface area contributed by atoms with Crippen molar-refractivity contribution in [3.8, 4) is 0 Å². The van der Waals surface area contributed by atoms with Gasteiger partial charge in [-0.25, -0.2) is 5.43 Å². The molecule has 0 bridgehead atoms. The van der Waals surface area contributed by atoms with Crippen molar-refractivity contribution in [2.45, 2.75) is 44.9 Å². The molecular weight excluding hydrogens is 164 g/mol. The van der Waals surface area contributed by atoms with E-state index in [2.05, 4.69) is 10.5 Å². The van der Waals surface area contributed by atoms with E-state index in [-0.39, 0.29) is 5.91 Å². The molecule has 0 aromatic carbocycles. The van der Waals surface area contributed by atoms with Gasteiger partial charge < -0.3 is 0 Å². The van der Waals surface area contributed by atoms with Gasteiger partial charge in [-0.05, 0) is 18.8 Å². The third-order valence-corrected chi connectivity index (χ3v) is 3.02. The third-order valence-electron chi connectivity index (χ3n) is 3.02. The summed E-state index contributed by atoms with van der Waals surface area (Å²) >= 11 is 0. The molecule has 0 aromatic rings. The zero-order chi connectivity index (χ0) is 9.10. The molecule has 3 heteroatoms. The van der Waals surface area contributed by atoms with Crippen LogP contribution in [0.25, 0.3) is 0 Å². The average molecular weight is 180 g/mol. The molecular formula is C10H16N2O. The highest BCUT2D eigenvalue weighted by Gasteiger charge is 2.18. The van der Waals surface area contributed by atoms with E-state index in [4.69, 9.17) is 0 Å². The van der Waals surface area contributed by atoms with E-state index in [9.17, 15) is 4.79 Å². The van der Waals surface area contributed by atoms with Crippen LogP contribution in [0.15, 0.2) is 5.10 Å². The molecule has 1 heterocycles.